The number of carbonyl (C=O) groups excluding carboxylic acids is 2. The molecule has 7 nitrogen and oxygen atoms in total. The zero-order chi connectivity index (χ0) is 21.7. The molecule has 0 saturated carbocycles. The van der Waals surface area contributed by atoms with Gasteiger partial charge in [-0.25, -0.2) is 8.42 Å². The zero-order valence-electron chi connectivity index (χ0n) is 16.5. The van der Waals surface area contributed by atoms with Gasteiger partial charge in [-0.15, -0.1) is 0 Å². The number of aryl methyl sites for hydroxylation is 1. The number of nitrogens with one attached hydrogen (secondary N) is 3. The van der Waals surface area contributed by atoms with Crippen molar-refractivity contribution in [1.29, 1.82) is 0 Å². The van der Waals surface area contributed by atoms with E-state index < -0.39 is 15.9 Å². The van der Waals surface area contributed by atoms with E-state index in [4.69, 9.17) is 0 Å². The lowest BCUT2D eigenvalue weighted by Crippen LogP contribution is -2.18. The summed E-state index contributed by atoms with van der Waals surface area (Å²) in [6.07, 6.45) is 0. The number of benzene rings is 3. The molecule has 0 aliphatic heterocycles. The minimum Gasteiger partial charge on any atom is -0.355 e. The van der Waals surface area contributed by atoms with E-state index in [9.17, 15) is 18.0 Å². The maximum absolute atomic E-state index is 12.5. The number of amides is 2. The molecule has 3 aromatic carbocycles. The van der Waals surface area contributed by atoms with Crippen LogP contribution in [0.2, 0.25) is 0 Å². The molecule has 8 heteroatoms. The summed E-state index contributed by atoms with van der Waals surface area (Å²) in [7, 11) is -2.22. The van der Waals surface area contributed by atoms with Crippen LogP contribution < -0.4 is 15.4 Å². The van der Waals surface area contributed by atoms with E-state index in [1.807, 2.05) is 19.1 Å². The van der Waals surface area contributed by atoms with E-state index in [1.54, 1.807) is 36.4 Å². The van der Waals surface area contributed by atoms with Gasteiger partial charge in [0.15, 0.2) is 0 Å². The maximum atomic E-state index is 12.5. The maximum Gasteiger partial charge on any atom is 0.261 e. The first-order valence-electron chi connectivity index (χ1n) is 9.11. The van der Waals surface area contributed by atoms with Crippen molar-refractivity contribution in [2.24, 2.45) is 0 Å². The monoisotopic (exact) mass is 423 g/mol. The van der Waals surface area contributed by atoms with E-state index in [0.29, 0.717) is 22.5 Å². The summed E-state index contributed by atoms with van der Waals surface area (Å²) in [6, 6.07) is 19.1. The minimum atomic E-state index is -3.76. The lowest BCUT2D eigenvalue weighted by atomic mass is 10.1. The Morgan fingerprint density at radius 3 is 1.77 bits per heavy atom. The van der Waals surface area contributed by atoms with Gasteiger partial charge in [0.05, 0.1) is 4.90 Å². The first-order chi connectivity index (χ1) is 14.3. The normalized spacial score (nSPS) is 10.9. The van der Waals surface area contributed by atoms with Crippen molar-refractivity contribution in [1.82, 2.24) is 5.32 Å². The largest absolute Gasteiger partial charge is 0.355 e. The number of rotatable bonds is 6. The van der Waals surface area contributed by atoms with Gasteiger partial charge in [0.1, 0.15) is 0 Å². The highest BCUT2D eigenvalue weighted by Crippen LogP contribution is 2.18. The van der Waals surface area contributed by atoms with Crippen LogP contribution in [-0.4, -0.2) is 27.3 Å². The Hall–Kier alpha value is -3.65. The quantitative estimate of drug-likeness (QED) is 0.565. The molecule has 0 radical (unpaired) electrons. The SMILES string of the molecule is CNC(=O)c1ccc(NC(=O)c2ccc(S(=O)(=O)Nc3ccc(C)cc3)cc2)cc1. The van der Waals surface area contributed by atoms with Crippen molar-refractivity contribution in [3.8, 4) is 0 Å². The van der Waals surface area contributed by atoms with Crippen molar-refractivity contribution < 1.29 is 18.0 Å². The summed E-state index contributed by atoms with van der Waals surface area (Å²) in [5.41, 5.74) is 2.79. The topological polar surface area (TPSA) is 104 Å². The van der Waals surface area contributed by atoms with Crippen LogP contribution in [0, 0.1) is 6.92 Å². The molecule has 0 aliphatic rings. The smallest absolute Gasteiger partial charge is 0.261 e. The highest BCUT2D eigenvalue weighted by Gasteiger charge is 2.15. The highest BCUT2D eigenvalue weighted by molar-refractivity contribution is 7.92. The van der Waals surface area contributed by atoms with Crippen molar-refractivity contribution in [3.05, 3.63) is 89.5 Å². The lowest BCUT2D eigenvalue weighted by molar-refractivity contribution is 0.0962. The fraction of sp³-hybridized carbons (Fsp3) is 0.0909. The average molecular weight is 423 g/mol. The molecule has 0 aliphatic carbocycles. The van der Waals surface area contributed by atoms with E-state index in [0.717, 1.165) is 5.56 Å². The Morgan fingerprint density at radius 2 is 1.20 bits per heavy atom. The minimum absolute atomic E-state index is 0.0505. The van der Waals surface area contributed by atoms with E-state index in [2.05, 4.69) is 15.4 Å². The lowest BCUT2D eigenvalue weighted by Gasteiger charge is -2.10. The second-order valence-corrected chi connectivity index (χ2v) is 8.29. The molecular weight excluding hydrogens is 402 g/mol. The predicted molar refractivity (Wildman–Crippen MR) is 116 cm³/mol. The first kappa shape index (κ1) is 21.1. The number of anilines is 2. The molecule has 0 spiro atoms. The van der Waals surface area contributed by atoms with Crippen molar-refractivity contribution in [3.63, 3.8) is 0 Å². The third kappa shape index (κ3) is 5.03. The van der Waals surface area contributed by atoms with Crippen LogP contribution >= 0.6 is 0 Å². The van der Waals surface area contributed by atoms with Gasteiger partial charge in [0, 0.05) is 29.5 Å². The van der Waals surface area contributed by atoms with Crippen molar-refractivity contribution in [2.75, 3.05) is 17.1 Å². The van der Waals surface area contributed by atoms with E-state index in [-0.39, 0.29) is 10.8 Å². The van der Waals surface area contributed by atoms with Gasteiger partial charge in [-0.2, -0.15) is 0 Å². The predicted octanol–water partition coefficient (Wildman–Crippen LogP) is 3.41. The molecule has 0 bridgehead atoms. The van der Waals surface area contributed by atoms with E-state index in [1.165, 1.54) is 31.3 Å². The second-order valence-electron chi connectivity index (χ2n) is 6.61. The van der Waals surface area contributed by atoms with Gasteiger partial charge >= 0.3 is 0 Å². The van der Waals surface area contributed by atoms with Crippen molar-refractivity contribution >= 4 is 33.2 Å². The summed E-state index contributed by atoms with van der Waals surface area (Å²) in [4.78, 5) is 24.0. The van der Waals surface area contributed by atoms with Gasteiger partial charge in [0.2, 0.25) is 0 Å². The molecular formula is C22H21N3O4S. The second kappa shape index (κ2) is 8.79. The van der Waals surface area contributed by atoms with Crippen molar-refractivity contribution in [2.45, 2.75) is 11.8 Å². The van der Waals surface area contributed by atoms with Crippen LogP contribution in [0.4, 0.5) is 11.4 Å². The summed E-state index contributed by atoms with van der Waals surface area (Å²) < 4.78 is 27.6. The molecule has 0 saturated heterocycles. The van der Waals surface area contributed by atoms with Gasteiger partial charge in [-0.1, -0.05) is 17.7 Å². The zero-order valence-corrected chi connectivity index (χ0v) is 17.3. The van der Waals surface area contributed by atoms with Crippen LogP contribution in [0.5, 0.6) is 0 Å². The summed E-state index contributed by atoms with van der Waals surface area (Å²) >= 11 is 0. The fourth-order valence-corrected chi connectivity index (χ4v) is 3.73. The van der Waals surface area contributed by atoms with Crippen LogP contribution in [0.1, 0.15) is 26.3 Å². The van der Waals surface area contributed by atoms with E-state index >= 15 is 0 Å². The molecule has 0 heterocycles. The number of sulfonamides is 1. The highest BCUT2D eigenvalue weighted by atomic mass is 32.2. The first-order valence-corrected chi connectivity index (χ1v) is 10.6. The molecule has 0 atom stereocenters. The number of carbonyl (C=O) groups is 2. The standard InChI is InChI=1S/C22H21N3O4S/c1-15-3-9-19(10-4-15)25-30(28,29)20-13-7-17(8-14-20)22(27)24-18-11-5-16(6-12-18)21(26)23-2/h3-14,25H,1-2H3,(H,23,26)(H,24,27). The third-order valence-electron chi connectivity index (χ3n) is 4.36. The van der Waals surface area contributed by atoms with Crippen LogP contribution in [-0.2, 0) is 10.0 Å². The molecule has 0 unspecified atom stereocenters. The molecule has 3 aromatic rings. The third-order valence-corrected chi connectivity index (χ3v) is 5.76. The van der Waals surface area contributed by atoms with Gasteiger partial charge in [-0.05, 0) is 67.6 Å². The fourth-order valence-electron chi connectivity index (χ4n) is 2.67. The molecule has 154 valence electrons. The molecule has 30 heavy (non-hydrogen) atoms. The summed E-state index contributed by atoms with van der Waals surface area (Å²) in [5, 5.41) is 5.23. The van der Waals surface area contributed by atoms with Crippen LogP contribution in [0.15, 0.2) is 77.7 Å². The average Bonchev–Trinajstić information content (AvgIpc) is 2.75. The Kier molecular flexibility index (Phi) is 6.17. The summed E-state index contributed by atoms with van der Waals surface area (Å²) in [5.74, 6) is -0.609. The Morgan fingerprint density at radius 1 is 0.700 bits per heavy atom. The molecule has 3 N–H and O–H groups in total. The Bertz CT molecular complexity index is 1150. The molecule has 3 rings (SSSR count). The summed E-state index contributed by atoms with van der Waals surface area (Å²) in [6.45, 7) is 1.92. The Balaban J connectivity index is 1.69. The van der Waals surface area contributed by atoms with Crippen LogP contribution in [0.25, 0.3) is 0 Å². The van der Waals surface area contributed by atoms with Gasteiger partial charge < -0.3 is 10.6 Å². The number of hydrogen-bond donors (Lipinski definition) is 3. The molecule has 0 aromatic heterocycles. The van der Waals surface area contributed by atoms with Gasteiger partial charge in [0.25, 0.3) is 21.8 Å². The number of hydrogen-bond acceptors (Lipinski definition) is 4. The molecule has 2 amide bonds. The molecule has 0 fully saturated rings. The Labute approximate surface area is 175 Å². The van der Waals surface area contributed by atoms with Gasteiger partial charge in [-0.3, -0.25) is 14.3 Å². The van der Waals surface area contributed by atoms with Crippen LogP contribution in [0.3, 0.4) is 0 Å².